The molecule has 0 aliphatic carbocycles. The van der Waals surface area contributed by atoms with Crippen molar-refractivity contribution in [1.29, 1.82) is 0 Å². The number of ether oxygens (including phenoxy) is 2. The highest BCUT2D eigenvalue weighted by atomic mass is 35.5. The van der Waals surface area contributed by atoms with Gasteiger partial charge in [-0.1, -0.05) is 23.2 Å². The molecule has 2 aromatic carbocycles. The first-order valence-electron chi connectivity index (χ1n) is 9.41. The number of aromatic amines is 1. The molecule has 0 spiro atoms. The zero-order valence-corrected chi connectivity index (χ0v) is 18.9. The molecule has 29 heavy (non-hydrogen) atoms. The summed E-state index contributed by atoms with van der Waals surface area (Å²) < 4.78 is 11.1. The fourth-order valence-corrected chi connectivity index (χ4v) is 4.40. The monoisotopic (exact) mass is 451 g/mol. The lowest BCUT2D eigenvalue weighted by molar-refractivity contribution is 0.0516. The number of carbonyl (C=O) groups excluding carboxylic acids is 1. The molecule has 0 fully saturated rings. The second-order valence-electron chi connectivity index (χ2n) is 6.66. The molecule has 0 amide bonds. The van der Waals surface area contributed by atoms with Crippen LogP contribution in [-0.2, 0) is 4.74 Å². The van der Waals surface area contributed by atoms with E-state index in [0.29, 0.717) is 23.9 Å². The van der Waals surface area contributed by atoms with E-state index in [1.807, 2.05) is 38.1 Å². The van der Waals surface area contributed by atoms with Gasteiger partial charge in [0, 0.05) is 31.6 Å². The van der Waals surface area contributed by atoms with Crippen molar-refractivity contribution >= 4 is 51.8 Å². The van der Waals surface area contributed by atoms with Gasteiger partial charge >= 0.3 is 5.97 Å². The Bertz CT molecular complexity index is 1010. The summed E-state index contributed by atoms with van der Waals surface area (Å²) in [6.07, 6.45) is 0.820. The maximum absolute atomic E-state index is 12.3. The Hall–Kier alpha value is -1.82. The van der Waals surface area contributed by atoms with Gasteiger partial charge in [0.05, 0.1) is 13.2 Å². The molecule has 0 saturated carbocycles. The highest BCUT2D eigenvalue weighted by Crippen LogP contribution is 2.34. The number of H-pyrrole nitrogens is 1. The van der Waals surface area contributed by atoms with Crippen LogP contribution in [0.25, 0.3) is 10.9 Å². The van der Waals surface area contributed by atoms with Gasteiger partial charge in [0.2, 0.25) is 0 Å². The average molecular weight is 452 g/mol. The summed E-state index contributed by atoms with van der Waals surface area (Å²) in [5.41, 5.74) is 3.35. The Morgan fingerprint density at radius 1 is 1.14 bits per heavy atom. The molecular weight excluding hydrogens is 429 g/mol. The average Bonchev–Trinajstić information content (AvgIpc) is 3.04. The minimum Gasteiger partial charge on any atom is -0.494 e. The Morgan fingerprint density at radius 3 is 2.55 bits per heavy atom. The molecule has 0 unspecified atom stereocenters. The van der Waals surface area contributed by atoms with Gasteiger partial charge in [0.15, 0.2) is 0 Å². The zero-order chi connectivity index (χ0) is 21.0. The highest BCUT2D eigenvalue weighted by Gasteiger charge is 2.19. The SMILES string of the molecule is CCOC(=O)c1[nH]c2ccc(Cl)cc2c1SCCCOc1cc(C)c(Cl)c(C)c1. The number of nitrogens with one attached hydrogen (secondary N) is 1. The van der Waals surface area contributed by atoms with Crippen molar-refractivity contribution < 1.29 is 14.3 Å². The minimum absolute atomic E-state index is 0.326. The van der Waals surface area contributed by atoms with Crippen molar-refractivity contribution in [2.24, 2.45) is 0 Å². The van der Waals surface area contributed by atoms with Crippen LogP contribution in [0.5, 0.6) is 5.75 Å². The number of benzene rings is 2. The number of fused-ring (bicyclic) bond motifs is 1. The summed E-state index contributed by atoms with van der Waals surface area (Å²) >= 11 is 14.0. The fraction of sp³-hybridized carbons (Fsp3) is 0.318. The van der Waals surface area contributed by atoms with Crippen LogP contribution in [0.3, 0.4) is 0 Å². The number of thioether (sulfide) groups is 1. The van der Waals surface area contributed by atoms with E-state index >= 15 is 0 Å². The van der Waals surface area contributed by atoms with E-state index in [1.54, 1.807) is 24.8 Å². The van der Waals surface area contributed by atoms with E-state index in [1.165, 1.54) is 0 Å². The predicted molar refractivity (Wildman–Crippen MR) is 121 cm³/mol. The van der Waals surface area contributed by atoms with E-state index in [0.717, 1.165) is 49.9 Å². The molecule has 0 aliphatic heterocycles. The number of halogens is 2. The van der Waals surface area contributed by atoms with Crippen molar-refractivity contribution in [3.8, 4) is 5.75 Å². The summed E-state index contributed by atoms with van der Waals surface area (Å²) in [7, 11) is 0. The van der Waals surface area contributed by atoms with Crippen molar-refractivity contribution in [3.05, 3.63) is 57.2 Å². The number of aryl methyl sites for hydroxylation is 2. The largest absolute Gasteiger partial charge is 0.494 e. The van der Waals surface area contributed by atoms with E-state index in [9.17, 15) is 4.79 Å². The van der Waals surface area contributed by atoms with Gasteiger partial charge < -0.3 is 14.5 Å². The van der Waals surface area contributed by atoms with E-state index in [-0.39, 0.29) is 5.97 Å². The van der Waals surface area contributed by atoms with Gasteiger partial charge in [-0.2, -0.15) is 0 Å². The molecule has 7 heteroatoms. The number of rotatable bonds is 8. The zero-order valence-electron chi connectivity index (χ0n) is 16.6. The fourth-order valence-electron chi connectivity index (χ4n) is 3.05. The quantitative estimate of drug-likeness (QED) is 0.231. The van der Waals surface area contributed by atoms with E-state index in [4.69, 9.17) is 32.7 Å². The maximum Gasteiger partial charge on any atom is 0.355 e. The van der Waals surface area contributed by atoms with Crippen LogP contribution in [0.15, 0.2) is 35.2 Å². The summed E-state index contributed by atoms with van der Waals surface area (Å²) in [4.78, 5) is 16.4. The third kappa shape index (κ3) is 5.21. The molecule has 0 aliphatic rings. The Morgan fingerprint density at radius 2 is 1.86 bits per heavy atom. The summed E-state index contributed by atoms with van der Waals surface area (Å²) in [6, 6.07) is 9.44. The van der Waals surface area contributed by atoms with Gasteiger partial charge in [0.25, 0.3) is 0 Å². The molecule has 154 valence electrons. The Labute approximate surface area is 184 Å². The number of esters is 1. The number of hydrogen-bond acceptors (Lipinski definition) is 4. The van der Waals surface area contributed by atoms with Gasteiger partial charge in [0.1, 0.15) is 11.4 Å². The molecule has 0 bridgehead atoms. The molecule has 1 aromatic heterocycles. The van der Waals surface area contributed by atoms with Crippen LogP contribution in [-0.4, -0.2) is 29.9 Å². The third-order valence-electron chi connectivity index (χ3n) is 4.41. The molecule has 0 radical (unpaired) electrons. The molecule has 3 aromatic rings. The number of carbonyl (C=O) groups is 1. The van der Waals surface area contributed by atoms with Crippen LogP contribution in [0.2, 0.25) is 10.0 Å². The second-order valence-corrected chi connectivity index (χ2v) is 8.58. The molecule has 3 rings (SSSR count). The molecular formula is C22H23Cl2NO3S. The van der Waals surface area contributed by atoms with Crippen LogP contribution < -0.4 is 4.74 Å². The maximum atomic E-state index is 12.3. The first-order valence-corrected chi connectivity index (χ1v) is 11.2. The van der Waals surface area contributed by atoms with Crippen molar-refractivity contribution in [2.75, 3.05) is 19.0 Å². The van der Waals surface area contributed by atoms with Crippen molar-refractivity contribution in [1.82, 2.24) is 4.98 Å². The standard InChI is InChI=1S/C22H23Cl2NO3S/c1-4-27-22(26)20-21(17-12-15(23)6-7-18(17)25-20)29-9-5-8-28-16-10-13(2)19(24)14(3)11-16/h6-7,10-12,25H,4-5,8-9H2,1-3H3. The summed E-state index contributed by atoms with van der Waals surface area (Å²) in [5.74, 6) is 1.25. The van der Waals surface area contributed by atoms with Gasteiger partial charge in [-0.05, 0) is 68.7 Å². The topological polar surface area (TPSA) is 51.3 Å². The highest BCUT2D eigenvalue weighted by molar-refractivity contribution is 7.99. The number of hydrogen-bond donors (Lipinski definition) is 1. The summed E-state index contributed by atoms with van der Waals surface area (Å²) in [5, 5.41) is 2.33. The predicted octanol–water partition coefficient (Wildman–Crippen LogP) is 6.83. The van der Waals surface area contributed by atoms with Gasteiger partial charge in [-0.25, -0.2) is 4.79 Å². The molecule has 0 saturated heterocycles. The lowest BCUT2D eigenvalue weighted by atomic mass is 10.1. The van der Waals surface area contributed by atoms with Crippen molar-refractivity contribution in [3.63, 3.8) is 0 Å². The minimum atomic E-state index is -0.356. The van der Waals surface area contributed by atoms with Crippen LogP contribution in [0.4, 0.5) is 0 Å². The number of aromatic nitrogens is 1. The van der Waals surface area contributed by atoms with E-state index in [2.05, 4.69) is 4.98 Å². The molecule has 1 heterocycles. The lowest BCUT2D eigenvalue weighted by Gasteiger charge is -2.10. The Balaban J connectivity index is 1.66. The lowest BCUT2D eigenvalue weighted by Crippen LogP contribution is -2.06. The van der Waals surface area contributed by atoms with Crippen molar-refractivity contribution in [2.45, 2.75) is 32.1 Å². The van der Waals surface area contributed by atoms with E-state index < -0.39 is 0 Å². The first-order chi connectivity index (χ1) is 13.9. The smallest absolute Gasteiger partial charge is 0.355 e. The molecule has 0 atom stereocenters. The molecule has 4 nitrogen and oxygen atoms in total. The van der Waals surface area contributed by atoms with Gasteiger partial charge in [-0.15, -0.1) is 11.8 Å². The molecule has 1 N–H and O–H groups in total. The Kier molecular flexibility index (Phi) is 7.38. The second kappa shape index (κ2) is 9.79. The van der Waals surface area contributed by atoms with Crippen LogP contribution in [0, 0.1) is 13.8 Å². The van der Waals surface area contributed by atoms with Crippen LogP contribution >= 0.6 is 35.0 Å². The summed E-state index contributed by atoms with van der Waals surface area (Å²) in [6.45, 7) is 6.63. The van der Waals surface area contributed by atoms with Crippen LogP contribution in [0.1, 0.15) is 35.0 Å². The van der Waals surface area contributed by atoms with Gasteiger partial charge in [-0.3, -0.25) is 0 Å². The first kappa shape index (κ1) is 21.9. The third-order valence-corrected chi connectivity index (χ3v) is 6.44. The normalized spacial score (nSPS) is 11.1.